The van der Waals surface area contributed by atoms with Crippen molar-refractivity contribution in [2.24, 2.45) is 4.99 Å². The van der Waals surface area contributed by atoms with E-state index in [1.807, 2.05) is 37.4 Å². The summed E-state index contributed by atoms with van der Waals surface area (Å²) in [5.74, 6) is 0.196. The molecule has 25 heavy (non-hydrogen) atoms. The van der Waals surface area contributed by atoms with Crippen LogP contribution in [0.3, 0.4) is 0 Å². The summed E-state index contributed by atoms with van der Waals surface area (Å²) in [5, 5.41) is 9.66. The molecule has 1 aliphatic heterocycles. The molecule has 0 amide bonds. The third-order valence-corrected chi connectivity index (χ3v) is 4.56. The number of hydrogen-bond acceptors (Lipinski definition) is 3. The number of aryl methyl sites for hydroxylation is 1. The molecule has 0 saturated heterocycles. The molecule has 0 spiro atoms. The summed E-state index contributed by atoms with van der Waals surface area (Å²) in [4.78, 5) is 22.4. The first-order valence-corrected chi connectivity index (χ1v) is 8.43. The van der Waals surface area contributed by atoms with E-state index in [9.17, 15) is 9.90 Å². The van der Waals surface area contributed by atoms with E-state index in [1.165, 1.54) is 5.56 Å². The van der Waals surface area contributed by atoms with Crippen LogP contribution in [0.4, 0.5) is 0 Å². The van der Waals surface area contributed by atoms with Gasteiger partial charge in [0.05, 0.1) is 23.7 Å². The Labute approximate surface area is 147 Å². The van der Waals surface area contributed by atoms with Crippen molar-refractivity contribution in [2.75, 3.05) is 6.61 Å². The van der Waals surface area contributed by atoms with Crippen LogP contribution in [0, 0.1) is 13.8 Å². The average Bonchev–Trinajstić information content (AvgIpc) is 3.27. The van der Waals surface area contributed by atoms with Gasteiger partial charge in [-0.2, -0.15) is 0 Å². The van der Waals surface area contributed by atoms with E-state index in [1.54, 1.807) is 6.92 Å². The van der Waals surface area contributed by atoms with E-state index >= 15 is 0 Å². The number of aromatic amines is 2. The molecule has 130 valence electrons. The number of carbonyl (C=O) groups excluding carboxylic acids is 1. The number of nitrogens with one attached hydrogen (secondary N) is 2. The van der Waals surface area contributed by atoms with Crippen molar-refractivity contribution in [1.29, 1.82) is 0 Å². The molecule has 0 radical (unpaired) electrons. The van der Waals surface area contributed by atoms with Gasteiger partial charge in [0.15, 0.2) is 0 Å². The Morgan fingerprint density at radius 2 is 2.16 bits per heavy atom. The minimum Gasteiger partial charge on any atom is -0.392 e. The summed E-state index contributed by atoms with van der Waals surface area (Å²) in [6.45, 7) is 5.64. The van der Waals surface area contributed by atoms with Gasteiger partial charge < -0.3 is 19.9 Å². The molecule has 3 rings (SSSR count). The second-order valence-electron chi connectivity index (χ2n) is 6.41. The quantitative estimate of drug-likeness (QED) is 0.756. The summed E-state index contributed by atoms with van der Waals surface area (Å²) in [6, 6.07) is 3.88. The Morgan fingerprint density at radius 1 is 1.36 bits per heavy atom. The van der Waals surface area contributed by atoms with E-state index in [-0.39, 0.29) is 12.4 Å². The number of aliphatic imine (C=N–C) groups is 1. The maximum Gasteiger partial charge on any atom is 0.130 e. The van der Waals surface area contributed by atoms with E-state index in [4.69, 9.17) is 0 Å². The van der Waals surface area contributed by atoms with E-state index < -0.39 is 0 Å². The predicted octanol–water partition coefficient (Wildman–Crippen LogP) is 3.24. The highest BCUT2D eigenvalue weighted by atomic mass is 16.3. The standard InChI is InChI=1S/C20H23N3O2/c1-12(25)6-7-16-13(2)18(22-14(16)3)10-19-15(11-24)9-20(23-19)17-5-4-8-21-17/h4-5,8-10,21-22,24H,6-7,11H2,1-3H3/b19-10-. The first-order valence-electron chi connectivity index (χ1n) is 8.43. The zero-order valence-corrected chi connectivity index (χ0v) is 14.8. The smallest absolute Gasteiger partial charge is 0.130 e. The number of ketones is 1. The fraction of sp³-hybridized carbons (Fsp3) is 0.300. The van der Waals surface area contributed by atoms with Gasteiger partial charge in [-0.3, -0.25) is 0 Å². The van der Waals surface area contributed by atoms with Crippen molar-refractivity contribution in [1.82, 2.24) is 9.97 Å². The van der Waals surface area contributed by atoms with Crippen LogP contribution in [0.5, 0.6) is 0 Å². The van der Waals surface area contributed by atoms with Crippen molar-refractivity contribution in [3.8, 4) is 0 Å². The number of allylic oxidation sites excluding steroid dienone is 1. The lowest BCUT2D eigenvalue weighted by Gasteiger charge is -2.01. The van der Waals surface area contributed by atoms with Crippen LogP contribution in [0.1, 0.15) is 41.6 Å². The summed E-state index contributed by atoms with van der Waals surface area (Å²) < 4.78 is 0. The fourth-order valence-electron chi connectivity index (χ4n) is 3.12. The molecule has 0 aromatic carbocycles. The maximum atomic E-state index is 11.3. The Bertz CT molecular complexity index is 880. The van der Waals surface area contributed by atoms with Crippen LogP contribution < -0.4 is 0 Å². The molecule has 0 fully saturated rings. The van der Waals surface area contributed by atoms with Crippen LogP contribution in [-0.2, 0) is 11.2 Å². The van der Waals surface area contributed by atoms with Gasteiger partial charge in [-0.15, -0.1) is 0 Å². The first kappa shape index (κ1) is 17.2. The number of H-pyrrole nitrogens is 2. The Balaban J connectivity index is 1.94. The van der Waals surface area contributed by atoms with Gasteiger partial charge in [-0.1, -0.05) is 0 Å². The molecule has 0 saturated carbocycles. The maximum absolute atomic E-state index is 11.3. The number of aromatic nitrogens is 2. The highest BCUT2D eigenvalue weighted by molar-refractivity contribution is 6.11. The Hall–Kier alpha value is -2.66. The number of nitrogens with zero attached hydrogens (tertiary/aromatic N) is 1. The zero-order chi connectivity index (χ0) is 18.0. The van der Waals surface area contributed by atoms with Gasteiger partial charge in [-0.05, 0) is 62.6 Å². The Kier molecular flexibility index (Phi) is 4.86. The van der Waals surface area contributed by atoms with E-state index in [0.29, 0.717) is 6.42 Å². The van der Waals surface area contributed by atoms with Crippen molar-refractivity contribution in [3.63, 3.8) is 0 Å². The predicted molar refractivity (Wildman–Crippen MR) is 99.7 cm³/mol. The van der Waals surface area contributed by atoms with Gasteiger partial charge >= 0.3 is 0 Å². The second kappa shape index (κ2) is 7.07. The van der Waals surface area contributed by atoms with Gasteiger partial charge in [0, 0.05) is 29.6 Å². The van der Waals surface area contributed by atoms with Gasteiger partial charge in [0.2, 0.25) is 0 Å². The molecule has 2 aromatic rings. The summed E-state index contributed by atoms with van der Waals surface area (Å²) in [7, 11) is 0. The highest BCUT2D eigenvalue weighted by Gasteiger charge is 2.17. The van der Waals surface area contributed by atoms with Crippen LogP contribution in [-0.4, -0.2) is 33.2 Å². The molecular weight excluding hydrogens is 314 g/mol. The molecular formula is C20H23N3O2. The number of aliphatic hydroxyl groups excluding tert-OH is 1. The molecule has 5 nitrogen and oxygen atoms in total. The number of Topliss-reactive ketones (excluding diaryl/α,β-unsaturated/α-hetero) is 1. The van der Waals surface area contributed by atoms with Crippen LogP contribution >= 0.6 is 0 Å². The van der Waals surface area contributed by atoms with Crippen molar-refractivity contribution in [3.05, 3.63) is 63.9 Å². The van der Waals surface area contributed by atoms with Gasteiger partial charge in [0.25, 0.3) is 0 Å². The lowest BCUT2D eigenvalue weighted by atomic mass is 10.0. The fourth-order valence-corrected chi connectivity index (χ4v) is 3.12. The number of aliphatic hydroxyl groups is 1. The van der Waals surface area contributed by atoms with E-state index in [2.05, 4.69) is 21.9 Å². The van der Waals surface area contributed by atoms with Gasteiger partial charge in [0.1, 0.15) is 5.78 Å². The summed E-state index contributed by atoms with van der Waals surface area (Å²) in [6.07, 6.45) is 7.02. The topological polar surface area (TPSA) is 81.2 Å². The molecule has 3 N–H and O–H groups in total. The van der Waals surface area contributed by atoms with Crippen LogP contribution in [0.15, 0.2) is 40.7 Å². The largest absolute Gasteiger partial charge is 0.392 e. The number of hydrogen-bond donors (Lipinski definition) is 3. The van der Waals surface area contributed by atoms with Crippen LogP contribution in [0.2, 0.25) is 0 Å². The third-order valence-electron chi connectivity index (χ3n) is 4.56. The molecule has 0 aliphatic carbocycles. The third kappa shape index (κ3) is 3.56. The lowest BCUT2D eigenvalue weighted by Crippen LogP contribution is -1.96. The number of carbonyl (C=O) groups is 1. The Morgan fingerprint density at radius 3 is 2.80 bits per heavy atom. The monoisotopic (exact) mass is 337 g/mol. The summed E-state index contributed by atoms with van der Waals surface area (Å²) >= 11 is 0. The molecule has 5 heteroatoms. The normalized spacial score (nSPS) is 15.6. The minimum atomic E-state index is -0.0600. The molecule has 0 atom stereocenters. The zero-order valence-electron chi connectivity index (χ0n) is 14.8. The second-order valence-corrected chi connectivity index (χ2v) is 6.41. The molecule has 1 aliphatic rings. The average molecular weight is 337 g/mol. The van der Waals surface area contributed by atoms with E-state index in [0.717, 1.165) is 46.0 Å². The summed E-state index contributed by atoms with van der Waals surface area (Å²) in [5.41, 5.74) is 7.66. The molecule has 3 heterocycles. The lowest BCUT2D eigenvalue weighted by molar-refractivity contribution is -0.116. The van der Waals surface area contributed by atoms with Gasteiger partial charge in [-0.25, -0.2) is 4.99 Å². The molecule has 2 aromatic heterocycles. The molecule has 0 bridgehead atoms. The minimum absolute atomic E-state index is 0.0600. The highest BCUT2D eigenvalue weighted by Crippen LogP contribution is 2.27. The number of rotatable bonds is 6. The van der Waals surface area contributed by atoms with Crippen molar-refractivity contribution in [2.45, 2.75) is 33.6 Å². The molecule has 0 unspecified atom stereocenters. The first-order chi connectivity index (χ1) is 12.0. The SMILES string of the molecule is CC(=O)CCc1c(C)[nH]c(/C=C2\N=C(c3ccc[nH]3)C=C2CO)c1C. The van der Waals surface area contributed by atoms with Crippen molar-refractivity contribution >= 4 is 17.6 Å². The van der Waals surface area contributed by atoms with Crippen LogP contribution in [0.25, 0.3) is 6.08 Å². The van der Waals surface area contributed by atoms with Crippen molar-refractivity contribution < 1.29 is 9.90 Å².